The molecule has 5 nitrogen and oxygen atoms in total. The van der Waals surface area contributed by atoms with Gasteiger partial charge in [-0.15, -0.1) is 0 Å². The molecule has 0 aliphatic heterocycles. The van der Waals surface area contributed by atoms with Crippen molar-refractivity contribution in [2.45, 2.75) is 38.6 Å². The van der Waals surface area contributed by atoms with Crippen LogP contribution < -0.4 is 10.2 Å². The van der Waals surface area contributed by atoms with E-state index >= 15 is 0 Å². The summed E-state index contributed by atoms with van der Waals surface area (Å²) in [5.41, 5.74) is 0.599. The largest absolute Gasteiger partial charge is 0.480 e. The summed E-state index contributed by atoms with van der Waals surface area (Å²) < 4.78 is 0. The van der Waals surface area contributed by atoms with Crippen molar-refractivity contribution in [3.63, 3.8) is 0 Å². The number of aliphatic carboxylic acids is 1. The zero-order valence-electron chi connectivity index (χ0n) is 12.3. The monoisotopic (exact) mass is 290 g/mol. The SMILES string of the molecule is CC1CCC(NC(=O)N(CC(=O)O)c2ccccc2)CC1. The van der Waals surface area contributed by atoms with Crippen molar-refractivity contribution in [1.82, 2.24) is 5.32 Å². The molecule has 2 N–H and O–H groups in total. The lowest BCUT2D eigenvalue weighted by molar-refractivity contribution is -0.135. The van der Waals surface area contributed by atoms with E-state index in [0.29, 0.717) is 11.6 Å². The van der Waals surface area contributed by atoms with E-state index in [-0.39, 0.29) is 18.6 Å². The number of benzene rings is 1. The second-order valence-electron chi connectivity index (χ2n) is 5.72. The first kappa shape index (κ1) is 15.4. The highest BCUT2D eigenvalue weighted by atomic mass is 16.4. The number of hydrogen-bond donors (Lipinski definition) is 2. The Morgan fingerprint density at radius 2 is 1.81 bits per heavy atom. The van der Waals surface area contributed by atoms with Crippen LogP contribution in [-0.4, -0.2) is 29.7 Å². The zero-order valence-corrected chi connectivity index (χ0v) is 12.3. The van der Waals surface area contributed by atoms with Gasteiger partial charge in [0.15, 0.2) is 0 Å². The molecule has 2 rings (SSSR count). The van der Waals surface area contributed by atoms with Gasteiger partial charge in [-0.3, -0.25) is 9.69 Å². The van der Waals surface area contributed by atoms with Gasteiger partial charge in [0.05, 0.1) is 0 Å². The first-order valence-corrected chi connectivity index (χ1v) is 7.41. The Morgan fingerprint density at radius 1 is 1.19 bits per heavy atom. The molecule has 1 saturated carbocycles. The second kappa shape index (κ2) is 7.11. The van der Waals surface area contributed by atoms with Gasteiger partial charge in [0.25, 0.3) is 0 Å². The summed E-state index contributed by atoms with van der Waals surface area (Å²) in [7, 11) is 0. The number of nitrogens with one attached hydrogen (secondary N) is 1. The lowest BCUT2D eigenvalue weighted by atomic mass is 9.87. The van der Waals surface area contributed by atoms with Crippen molar-refractivity contribution in [3.05, 3.63) is 30.3 Å². The highest BCUT2D eigenvalue weighted by Gasteiger charge is 2.24. The summed E-state index contributed by atoms with van der Waals surface area (Å²) in [6.45, 7) is 1.89. The maximum atomic E-state index is 12.4. The average molecular weight is 290 g/mol. The Hall–Kier alpha value is -2.04. The fourth-order valence-electron chi connectivity index (χ4n) is 2.68. The smallest absolute Gasteiger partial charge is 0.323 e. The minimum absolute atomic E-state index is 0.147. The fraction of sp³-hybridized carbons (Fsp3) is 0.500. The van der Waals surface area contributed by atoms with Crippen LogP contribution in [0.5, 0.6) is 0 Å². The van der Waals surface area contributed by atoms with Crippen molar-refractivity contribution in [2.24, 2.45) is 5.92 Å². The molecule has 5 heteroatoms. The molecule has 0 atom stereocenters. The predicted molar refractivity (Wildman–Crippen MR) is 81.4 cm³/mol. The van der Waals surface area contributed by atoms with Crippen molar-refractivity contribution in [3.8, 4) is 0 Å². The number of carboxylic acids is 1. The van der Waals surface area contributed by atoms with Crippen LogP contribution >= 0.6 is 0 Å². The van der Waals surface area contributed by atoms with E-state index in [1.54, 1.807) is 24.3 Å². The Morgan fingerprint density at radius 3 is 2.38 bits per heavy atom. The number of para-hydroxylation sites is 1. The molecule has 0 radical (unpaired) electrons. The average Bonchev–Trinajstić information content (AvgIpc) is 2.48. The topological polar surface area (TPSA) is 69.6 Å². The Balaban J connectivity index is 2.02. The normalized spacial score (nSPS) is 21.6. The van der Waals surface area contributed by atoms with Gasteiger partial charge in [0.2, 0.25) is 0 Å². The molecule has 0 saturated heterocycles. The van der Waals surface area contributed by atoms with Gasteiger partial charge < -0.3 is 10.4 Å². The van der Waals surface area contributed by atoms with Crippen molar-refractivity contribution >= 4 is 17.7 Å². The summed E-state index contributed by atoms with van der Waals surface area (Å²) in [6, 6.07) is 8.72. The Kier molecular flexibility index (Phi) is 5.20. The zero-order chi connectivity index (χ0) is 15.2. The summed E-state index contributed by atoms with van der Waals surface area (Å²) in [5.74, 6) is -0.311. The van der Waals surface area contributed by atoms with Crippen LogP contribution in [0, 0.1) is 5.92 Å². The first-order valence-electron chi connectivity index (χ1n) is 7.41. The second-order valence-corrected chi connectivity index (χ2v) is 5.72. The number of hydrogen-bond acceptors (Lipinski definition) is 2. The van der Waals surface area contributed by atoms with Crippen LogP contribution in [0.3, 0.4) is 0 Å². The van der Waals surface area contributed by atoms with Crippen LogP contribution in [0.1, 0.15) is 32.6 Å². The van der Waals surface area contributed by atoms with Gasteiger partial charge in [0.1, 0.15) is 6.54 Å². The number of amides is 2. The molecule has 114 valence electrons. The molecule has 0 unspecified atom stereocenters. The molecular weight excluding hydrogens is 268 g/mol. The fourth-order valence-corrected chi connectivity index (χ4v) is 2.68. The summed E-state index contributed by atoms with van der Waals surface area (Å²) in [4.78, 5) is 24.7. The minimum atomic E-state index is -1.02. The molecule has 0 spiro atoms. The van der Waals surface area contributed by atoms with Gasteiger partial charge in [-0.05, 0) is 43.7 Å². The third-order valence-corrected chi connectivity index (χ3v) is 3.95. The van der Waals surface area contributed by atoms with Crippen LogP contribution in [0.4, 0.5) is 10.5 Å². The molecule has 0 bridgehead atoms. The quantitative estimate of drug-likeness (QED) is 0.895. The van der Waals surface area contributed by atoms with E-state index in [1.165, 1.54) is 4.90 Å². The van der Waals surface area contributed by atoms with E-state index in [2.05, 4.69) is 12.2 Å². The lowest BCUT2D eigenvalue weighted by Crippen LogP contribution is -2.47. The lowest BCUT2D eigenvalue weighted by Gasteiger charge is -2.29. The molecule has 1 aliphatic rings. The van der Waals surface area contributed by atoms with E-state index in [1.807, 2.05) is 6.07 Å². The Bertz CT molecular complexity index is 482. The highest BCUT2D eigenvalue weighted by Crippen LogP contribution is 2.24. The van der Waals surface area contributed by atoms with Crippen LogP contribution in [0.15, 0.2) is 30.3 Å². The van der Waals surface area contributed by atoms with Gasteiger partial charge >= 0.3 is 12.0 Å². The standard InChI is InChI=1S/C16H22N2O3/c1-12-7-9-13(10-8-12)17-16(21)18(11-15(19)20)14-5-3-2-4-6-14/h2-6,12-13H,7-11H2,1H3,(H,17,21)(H,19,20). The summed E-state index contributed by atoms with van der Waals surface area (Å²) in [5, 5.41) is 12.0. The van der Waals surface area contributed by atoms with E-state index in [4.69, 9.17) is 5.11 Å². The number of urea groups is 1. The number of rotatable bonds is 4. The molecule has 1 aliphatic carbocycles. The summed E-state index contributed by atoms with van der Waals surface area (Å²) >= 11 is 0. The molecule has 0 aromatic heterocycles. The first-order chi connectivity index (χ1) is 10.1. The highest BCUT2D eigenvalue weighted by molar-refractivity contribution is 5.96. The van der Waals surface area contributed by atoms with E-state index < -0.39 is 5.97 Å². The molecule has 1 aromatic carbocycles. The maximum Gasteiger partial charge on any atom is 0.323 e. The van der Waals surface area contributed by atoms with Gasteiger partial charge in [-0.1, -0.05) is 25.1 Å². The van der Waals surface area contributed by atoms with Gasteiger partial charge in [-0.25, -0.2) is 4.79 Å². The third kappa shape index (κ3) is 4.48. The van der Waals surface area contributed by atoms with Crippen molar-refractivity contribution < 1.29 is 14.7 Å². The van der Waals surface area contributed by atoms with Gasteiger partial charge in [0, 0.05) is 11.7 Å². The molecule has 21 heavy (non-hydrogen) atoms. The number of anilines is 1. The van der Waals surface area contributed by atoms with Crippen LogP contribution in [-0.2, 0) is 4.79 Å². The van der Waals surface area contributed by atoms with Crippen LogP contribution in [0.2, 0.25) is 0 Å². The van der Waals surface area contributed by atoms with Crippen molar-refractivity contribution in [2.75, 3.05) is 11.4 Å². The summed E-state index contributed by atoms with van der Waals surface area (Å²) in [6.07, 6.45) is 4.13. The molecule has 0 heterocycles. The van der Waals surface area contributed by atoms with Crippen LogP contribution in [0.25, 0.3) is 0 Å². The Labute approximate surface area is 125 Å². The predicted octanol–water partition coefficient (Wildman–Crippen LogP) is 2.87. The third-order valence-electron chi connectivity index (χ3n) is 3.95. The van der Waals surface area contributed by atoms with E-state index in [0.717, 1.165) is 25.7 Å². The van der Waals surface area contributed by atoms with E-state index in [9.17, 15) is 9.59 Å². The maximum absolute atomic E-state index is 12.4. The number of carbonyl (C=O) groups is 2. The number of carboxylic acid groups (broad SMARTS) is 1. The molecule has 2 amide bonds. The van der Waals surface area contributed by atoms with Crippen molar-refractivity contribution in [1.29, 1.82) is 0 Å². The molecule has 1 fully saturated rings. The number of carbonyl (C=O) groups excluding carboxylic acids is 1. The van der Waals surface area contributed by atoms with Gasteiger partial charge in [-0.2, -0.15) is 0 Å². The molecule has 1 aromatic rings. The number of nitrogens with zero attached hydrogens (tertiary/aromatic N) is 1. The molecular formula is C16H22N2O3. The minimum Gasteiger partial charge on any atom is -0.480 e.